The summed E-state index contributed by atoms with van der Waals surface area (Å²) in [7, 11) is 0. The molecule has 34 heteroatoms. The summed E-state index contributed by atoms with van der Waals surface area (Å²) >= 11 is 0. The van der Waals surface area contributed by atoms with E-state index >= 15 is 0 Å². The molecule has 426 valence electrons. The minimum absolute atomic E-state index is 0.00343. The van der Waals surface area contributed by atoms with Gasteiger partial charge in [-0.3, -0.25) is 57.9 Å². The lowest BCUT2D eigenvalue weighted by molar-refractivity contribution is -0.143. The molecule has 34 nitrogen and oxygen atoms in total. The first kappa shape index (κ1) is 67.5. The third-order valence-corrected chi connectivity index (χ3v) is 10.5. The number of primary amides is 2. The molecule has 0 aliphatic heterocycles. The lowest BCUT2D eigenvalue weighted by atomic mass is 10.0. The van der Waals surface area contributed by atoms with E-state index < -0.39 is 157 Å². The number of carbonyl (C=O) groups is 11. The largest absolute Gasteiger partial charge is 0.480 e. The Morgan fingerprint density at radius 3 is 1.15 bits per heavy atom. The minimum atomic E-state index is -2.04. The van der Waals surface area contributed by atoms with Gasteiger partial charge in [-0.25, -0.2) is 4.79 Å². The van der Waals surface area contributed by atoms with Gasteiger partial charge in [0, 0.05) is 13.1 Å². The zero-order chi connectivity index (χ0) is 57.7. The van der Waals surface area contributed by atoms with Crippen LogP contribution in [0.25, 0.3) is 0 Å². The number of hydrogen-bond donors (Lipinski definition) is 21. The van der Waals surface area contributed by atoms with Crippen LogP contribution in [0.2, 0.25) is 0 Å². The van der Waals surface area contributed by atoms with Crippen LogP contribution in [0, 0.1) is 0 Å². The van der Waals surface area contributed by atoms with Gasteiger partial charge in [-0.15, -0.1) is 0 Å². The average Bonchev–Trinajstić information content (AvgIpc) is 3.30. The van der Waals surface area contributed by atoms with Crippen molar-refractivity contribution in [1.82, 2.24) is 42.5 Å². The van der Waals surface area contributed by atoms with Crippen LogP contribution in [0.15, 0.2) is 9.98 Å². The molecule has 0 fully saturated rings. The topological polar surface area (TPSA) is 618 Å². The number of carboxylic acids is 1. The highest BCUT2D eigenvalue weighted by molar-refractivity contribution is 6.00. The molecule has 0 aliphatic carbocycles. The van der Waals surface area contributed by atoms with Crippen molar-refractivity contribution in [2.75, 3.05) is 26.2 Å². The van der Waals surface area contributed by atoms with Gasteiger partial charge < -0.3 is 114 Å². The van der Waals surface area contributed by atoms with Crippen LogP contribution in [-0.4, -0.2) is 201 Å². The van der Waals surface area contributed by atoms with E-state index in [0.29, 0.717) is 19.3 Å². The fraction of sp³-hybridized carbons (Fsp3) is 0.683. The molecule has 10 amide bonds. The highest BCUT2D eigenvalue weighted by Crippen LogP contribution is 2.08. The van der Waals surface area contributed by atoms with Gasteiger partial charge in [-0.2, -0.15) is 0 Å². The van der Waals surface area contributed by atoms with Gasteiger partial charge in [-0.05, 0) is 72.3 Å². The van der Waals surface area contributed by atoms with Crippen molar-refractivity contribution < 1.29 is 78.3 Å². The standard InChI is InChI=1S/C41H76N18O16/c1-17(61)28(36(71)54-23(14-26(44)64)33(68)53-22(39(74)75)10-7-13-51-41(48)49)58-35(70)25(16-60)56-34(69)24(15-27(45)65)55-37(72)29(18(2)62)59-38(73)30(19(3)63)57-32(67)21(9-4-5-11-42)52-31(66)20(43)8-6-12-50-40(46)47/h17-25,28-30,60-63H,4-16,42-43H2,1-3H3,(H2,44,64)(H2,45,65)(H,52,66)(H,53,68)(H,54,71)(H,55,72)(H,56,69)(H,57,67)(H,58,70)(H,59,73)(H,74,75)(H4,46,47,50)(H4,48,49,51). The molecule has 0 bridgehead atoms. The van der Waals surface area contributed by atoms with E-state index in [1.165, 1.54) is 0 Å². The average molecular weight is 1080 g/mol. The number of nitrogens with two attached hydrogens (primary N) is 8. The maximum Gasteiger partial charge on any atom is 0.326 e. The number of guanidine groups is 2. The van der Waals surface area contributed by atoms with Crippen molar-refractivity contribution in [3.63, 3.8) is 0 Å². The summed E-state index contributed by atoms with van der Waals surface area (Å²) in [5, 5.41) is 68.5. The predicted molar refractivity (Wildman–Crippen MR) is 264 cm³/mol. The first-order valence-corrected chi connectivity index (χ1v) is 23.4. The van der Waals surface area contributed by atoms with Crippen molar-refractivity contribution in [3.8, 4) is 0 Å². The highest BCUT2D eigenvalue weighted by Gasteiger charge is 2.38. The normalized spacial score (nSPS) is 15.7. The number of nitrogens with zero attached hydrogens (tertiary/aromatic N) is 2. The molecule has 0 saturated heterocycles. The van der Waals surface area contributed by atoms with Crippen LogP contribution in [-0.2, 0) is 52.7 Å². The SMILES string of the molecule is CC(O)C(NC(=O)C(CO)NC(=O)C(CC(N)=O)NC(=O)C(NC(=O)C(NC(=O)C(CCCCN)NC(=O)C(N)CCCN=C(N)N)C(C)O)C(C)O)C(=O)NC(CC(N)=O)C(=O)NC(CCCN=C(N)N)C(=O)O. The number of unbranched alkanes of at least 4 members (excludes halogenated alkanes) is 1. The molecule has 0 aromatic carbocycles. The number of rotatable bonds is 37. The second kappa shape index (κ2) is 34.8. The van der Waals surface area contributed by atoms with Gasteiger partial charge in [0.15, 0.2) is 11.9 Å². The van der Waals surface area contributed by atoms with Crippen molar-refractivity contribution in [2.24, 2.45) is 55.9 Å². The van der Waals surface area contributed by atoms with Gasteiger partial charge in [0.2, 0.25) is 59.1 Å². The summed E-state index contributed by atoms with van der Waals surface area (Å²) < 4.78 is 0. The molecule has 0 rings (SSSR count). The molecule has 0 aromatic rings. The first-order chi connectivity index (χ1) is 35.0. The molecule has 12 atom stereocenters. The van der Waals surface area contributed by atoms with Crippen molar-refractivity contribution >= 4 is 77.0 Å². The third kappa shape index (κ3) is 26.8. The van der Waals surface area contributed by atoms with Gasteiger partial charge in [0.25, 0.3) is 0 Å². The molecule has 75 heavy (non-hydrogen) atoms. The molecular weight excluding hydrogens is 1000 g/mol. The van der Waals surface area contributed by atoms with Crippen LogP contribution in [0.3, 0.4) is 0 Å². The molecular formula is C41H76N18O16. The Bertz CT molecular complexity index is 2020. The molecule has 0 aliphatic rings. The number of nitrogens with one attached hydrogen (secondary N) is 8. The zero-order valence-corrected chi connectivity index (χ0v) is 41.9. The first-order valence-electron chi connectivity index (χ1n) is 23.4. The summed E-state index contributed by atoms with van der Waals surface area (Å²) in [5.41, 5.74) is 43.2. The van der Waals surface area contributed by atoms with Crippen LogP contribution in [0.5, 0.6) is 0 Å². The van der Waals surface area contributed by atoms with Crippen molar-refractivity contribution in [1.29, 1.82) is 0 Å². The Hall–Kier alpha value is -7.53. The van der Waals surface area contributed by atoms with E-state index in [-0.39, 0.29) is 57.2 Å². The quantitative estimate of drug-likeness (QED) is 0.0156. The number of aliphatic carboxylic acids is 1. The van der Waals surface area contributed by atoms with Crippen molar-refractivity contribution in [3.05, 3.63) is 0 Å². The lowest BCUT2D eigenvalue weighted by Crippen LogP contribution is -2.64. The fourth-order valence-corrected chi connectivity index (χ4v) is 6.50. The van der Waals surface area contributed by atoms with Crippen molar-refractivity contribution in [2.45, 2.75) is 151 Å². The second-order valence-electron chi connectivity index (χ2n) is 17.1. The minimum Gasteiger partial charge on any atom is -0.480 e. The molecule has 0 heterocycles. The summed E-state index contributed by atoms with van der Waals surface area (Å²) in [6.07, 6.45) is -6.20. The van der Waals surface area contributed by atoms with E-state index in [4.69, 9.17) is 45.9 Å². The smallest absolute Gasteiger partial charge is 0.326 e. The molecule has 0 radical (unpaired) electrons. The molecule has 29 N–H and O–H groups in total. The van der Waals surface area contributed by atoms with Crippen LogP contribution >= 0.6 is 0 Å². The number of aliphatic imine (C=N–C) groups is 2. The van der Waals surface area contributed by atoms with E-state index in [9.17, 15) is 78.3 Å². The zero-order valence-electron chi connectivity index (χ0n) is 41.9. The number of carbonyl (C=O) groups excluding carboxylic acids is 10. The Morgan fingerprint density at radius 1 is 0.440 bits per heavy atom. The number of carboxylic acid groups (broad SMARTS) is 1. The van der Waals surface area contributed by atoms with Crippen LogP contribution < -0.4 is 88.4 Å². The maximum absolute atomic E-state index is 13.6. The summed E-state index contributed by atoms with van der Waals surface area (Å²) in [5.74, 6) is -14.1. The number of aliphatic hydroxyl groups is 4. The van der Waals surface area contributed by atoms with Gasteiger partial charge in [0.1, 0.15) is 48.3 Å². The van der Waals surface area contributed by atoms with Gasteiger partial charge in [0.05, 0.1) is 43.8 Å². The Morgan fingerprint density at radius 2 is 0.773 bits per heavy atom. The monoisotopic (exact) mass is 1080 g/mol. The molecule has 0 saturated carbocycles. The number of amides is 10. The Labute approximate surface area is 430 Å². The van der Waals surface area contributed by atoms with Crippen LogP contribution in [0.1, 0.15) is 78.6 Å². The predicted octanol–water partition coefficient (Wildman–Crippen LogP) is -11.6. The Balaban J connectivity index is 6.28. The highest BCUT2D eigenvalue weighted by atomic mass is 16.4. The van der Waals surface area contributed by atoms with Crippen LogP contribution in [0.4, 0.5) is 0 Å². The molecule has 0 spiro atoms. The van der Waals surface area contributed by atoms with E-state index in [0.717, 1.165) is 20.8 Å². The molecule has 0 aromatic heterocycles. The summed E-state index contributed by atoms with van der Waals surface area (Å²) in [6.45, 7) is 2.24. The van der Waals surface area contributed by atoms with E-state index in [1.807, 2.05) is 10.6 Å². The number of hydrogen-bond acceptors (Lipinski definition) is 19. The summed E-state index contributed by atoms with van der Waals surface area (Å²) in [4.78, 5) is 150. The number of aliphatic hydroxyl groups excluding tert-OH is 4. The Kier molecular flexibility index (Phi) is 31.3. The third-order valence-electron chi connectivity index (χ3n) is 10.5. The lowest BCUT2D eigenvalue weighted by Gasteiger charge is -2.29. The summed E-state index contributed by atoms with van der Waals surface area (Å²) in [6, 6.07) is -15.8. The second-order valence-corrected chi connectivity index (χ2v) is 17.1. The van der Waals surface area contributed by atoms with E-state index in [1.54, 1.807) is 0 Å². The maximum atomic E-state index is 13.6. The van der Waals surface area contributed by atoms with Gasteiger partial charge in [-0.1, -0.05) is 0 Å². The van der Waals surface area contributed by atoms with E-state index in [2.05, 4.69) is 41.9 Å². The molecule has 12 unspecified atom stereocenters. The van der Waals surface area contributed by atoms with Gasteiger partial charge >= 0.3 is 5.97 Å². The fourth-order valence-electron chi connectivity index (χ4n) is 6.50.